The Kier molecular flexibility index (Phi) is 6.43. The molecular weight excluding hydrogens is 472 g/mol. The Labute approximate surface area is 201 Å². The van der Waals surface area contributed by atoms with Crippen LogP contribution < -0.4 is 25.1 Å². The minimum absolute atomic E-state index is 0.00478. The van der Waals surface area contributed by atoms with Gasteiger partial charge in [-0.15, -0.1) is 0 Å². The third-order valence-electron chi connectivity index (χ3n) is 5.25. The lowest BCUT2D eigenvalue weighted by Gasteiger charge is -2.15. The van der Waals surface area contributed by atoms with Crippen molar-refractivity contribution >= 4 is 38.1 Å². The number of carbonyl (C=O) groups excluding carboxylic acids is 1. The number of amides is 1. The maximum Gasteiger partial charge on any atom is 0.276 e. The van der Waals surface area contributed by atoms with Gasteiger partial charge in [-0.3, -0.25) is 14.3 Å². The van der Waals surface area contributed by atoms with E-state index in [0.29, 0.717) is 16.5 Å². The number of anilines is 2. The molecule has 11 heteroatoms. The highest BCUT2D eigenvalue weighted by molar-refractivity contribution is 7.92. The van der Waals surface area contributed by atoms with E-state index in [1.165, 1.54) is 39.5 Å². The Morgan fingerprint density at radius 2 is 1.51 bits per heavy atom. The van der Waals surface area contributed by atoms with Gasteiger partial charge in [0.05, 0.1) is 35.9 Å². The van der Waals surface area contributed by atoms with E-state index in [4.69, 9.17) is 9.47 Å². The molecule has 0 saturated heterocycles. The van der Waals surface area contributed by atoms with Crippen LogP contribution in [0.1, 0.15) is 10.5 Å². The molecule has 3 aromatic carbocycles. The summed E-state index contributed by atoms with van der Waals surface area (Å²) in [7, 11) is 0.239. The van der Waals surface area contributed by atoms with Gasteiger partial charge >= 0.3 is 0 Å². The van der Waals surface area contributed by atoms with E-state index >= 15 is 0 Å². The van der Waals surface area contributed by atoms with E-state index in [0.717, 1.165) is 4.68 Å². The van der Waals surface area contributed by atoms with Crippen LogP contribution in [0.5, 0.6) is 11.5 Å². The molecule has 0 fully saturated rings. The summed E-state index contributed by atoms with van der Waals surface area (Å²) in [5, 5.41) is 7.46. The maximum atomic E-state index is 13.2. The number of fused-ring (bicyclic) bond motifs is 1. The molecule has 180 valence electrons. The molecule has 1 aromatic heterocycles. The topological polar surface area (TPSA) is 129 Å². The minimum atomic E-state index is -4.04. The second-order valence-electron chi connectivity index (χ2n) is 7.44. The molecule has 10 nitrogen and oxygen atoms in total. The number of aryl methyl sites for hydroxylation is 1. The van der Waals surface area contributed by atoms with Crippen molar-refractivity contribution in [3.63, 3.8) is 0 Å². The van der Waals surface area contributed by atoms with E-state index in [9.17, 15) is 18.0 Å². The number of aromatic nitrogens is 2. The molecule has 0 aliphatic carbocycles. The Morgan fingerprint density at radius 1 is 0.886 bits per heavy atom. The van der Waals surface area contributed by atoms with Crippen LogP contribution in [0.3, 0.4) is 0 Å². The first-order valence-electron chi connectivity index (χ1n) is 10.4. The van der Waals surface area contributed by atoms with E-state index in [1.807, 2.05) is 0 Å². The first-order chi connectivity index (χ1) is 16.7. The molecule has 0 bridgehead atoms. The Balaban J connectivity index is 1.71. The molecule has 0 saturated carbocycles. The molecule has 1 heterocycles. The van der Waals surface area contributed by atoms with Gasteiger partial charge in [-0.2, -0.15) is 5.10 Å². The van der Waals surface area contributed by atoms with Crippen LogP contribution in [0, 0.1) is 0 Å². The SMILES string of the molecule is COc1ccc(S(=O)(=O)Nc2ccccc2OC)cc1NC(=O)c1nn(C)c(=O)c2ccccc12. The molecule has 0 atom stereocenters. The highest BCUT2D eigenvalue weighted by Crippen LogP contribution is 2.31. The minimum Gasteiger partial charge on any atom is -0.495 e. The van der Waals surface area contributed by atoms with E-state index in [1.54, 1.807) is 48.5 Å². The van der Waals surface area contributed by atoms with Crippen LogP contribution in [0.15, 0.2) is 76.4 Å². The van der Waals surface area contributed by atoms with Gasteiger partial charge in [0, 0.05) is 12.4 Å². The lowest BCUT2D eigenvalue weighted by molar-refractivity contribution is 0.102. The van der Waals surface area contributed by atoms with Gasteiger partial charge in [0.25, 0.3) is 21.5 Å². The van der Waals surface area contributed by atoms with Gasteiger partial charge in [0.15, 0.2) is 5.69 Å². The van der Waals surface area contributed by atoms with Gasteiger partial charge in [-0.25, -0.2) is 13.1 Å². The summed E-state index contributed by atoms with van der Waals surface area (Å²) in [5.41, 5.74) is 0.0350. The fourth-order valence-corrected chi connectivity index (χ4v) is 4.63. The van der Waals surface area contributed by atoms with Crippen LogP contribution in [0.4, 0.5) is 11.4 Å². The summed E-state index contributed by atoms with van der Waals surface area (Å²) < 4.78 is 40.2. The largest absolute Gasteiger partial charge is 0.495 e. The van der Waals surface area contributed by atoms with Crippen LogP contribution in [-0.2, 0) is 17.1 Å². The fraction of sp³-hybridized carbons (Fsp3) is 0.125. The van der Waals surface area contributed by atoms with Crippen molar-refractivity contribution in [3.05, 3.63) is 82.8 Å². The summed E-state index contributed by atoms with van der Waals surface area (Å²) in [4.78, 5) is 25.4. The molecule has 0 aliphatic heterocycles. The number of sulfonamides is 1. The van der Waals surface area contributed by atoms with Crippen LogP contribution in [0.2, 0.25) is 0 Å². The number of hydrogen-bond donors (Lipinski definition) is 2. The van der Waals surface area contributed by atoms with E-state index in [2.05, 4.69) is 15.1 Å². The van der Waals surface area contributed by atoms with Crippen LogP contribution in [0.25, 0.3) is 10.8 Å². The number of benzene rings is 3. The van der Waals surface area contributed by atoms with Crippen molar-refractivity contribution in [1.82, 2.24) is 9.78 Å². The zero-order valence-electron chi connectivity index (χ0n) is 19.1. The van der Waals surface area contributed by atoms with Crippen LogP contribution >= 0.6 is 0 Å². The van der Waals surface area contributed by atoms with Gasteiger partial charge in [0.1, 0.15) is 11.5 Å². The van der Waals surface area contributed by atoms with Crippen molar-refractivity contribution in [3.8, 4) is 11.5 Å². The van der Waals surface area contributed by atoms with Gasteiger partial charge in [0.2, 0.25) is 0 Å². The fourth-order valence-electron chi connectivity index (χ4n) is 3.53. The third-order valence-corrected chi connectivity index (χ3v) is 6.62. The van der Waals surface area contributed by atoms with Crippen LogP contribution in [-0.4, -0.2) is 38.3 Å². The molecule has 0 spiro atoms. The smallest absolute Gasteiger partial charge is 0.276 e. The normalized spacial score (nSPS) is 11.2. The first kappa shape index (κ1) is 23.8. The second-order valence-corrected chi connectivity index (χ2v) is 9.13. The molecule has 0 radical (unpaired) electrons. The summed E-state index contributed by atoms with van der Waals surface area (Å²) in [6.07, 6.45) is 0. The number of hydrogen-bond acceptors (Lipinski definition) is 7. The lowest BCUT2D eigenvalue weighted by atomic mass is 10.1. The third kappa shape index (κ3) is 4.66. The zero-order valence-corrected chi connectivity index (χ0v) is 19.9. The standard InChI is InChI=1S/C24H22N4O6S/c1-28-24(30)17-9-5-4-8-16(17)22(26-28)23(29)25-19-14-15(12-13-21(19)34-3)35(31,32)27-18-10-6-7-11-20(18)33-2/h4-14,27H,1-3H3,(H,25,29). The molecule has 2 N–H and O–H groups in total. The number of ether oxygens (including phenoxy) is 2. The van der Waals surface area contributed by atoms with Crippen molar-refractivity contribution in [1.29, 1.82) is 0 Å². The predicted molar refractivity (Wildman–Crippen MR) is 132 cm³/mol. The Morgan fingerprint density at radius 3 is 2.23 bits per heavy atom. The molecule has 1 amide bonds. The Bertz CT molecular complexity index is 1600. The average molecular weight is 495 g/mol. The molecular formula is C24H22N4O6S. The summed E-state index contributed by atoms with van der Waals surface area (Å²) in [6, 6.07) is 17.3. The molecule has 4 rings (SSSR count). The number of nitrogens with zero attached hydrogens (tertiary/aromatic N) is 2. The average Bonchev–Trinajstić information content (AvgIpc) is 2.86. The highest BCUT2D eigenvalue weighted by atomic mass is 32.2. The van der Waals surface area contributed by atoms with Crippen molar-refractivity contribution in [2.24, 2.45) is 7.05 Å². The molecule has 35 heavy (non-hydrogen) atoms. The van der Waals surface area contributed by atoms with Crippen molar-refractivity contribution in [2.45, 2.75) is 4.90 Å². The lowest BCUT2D eigenvalue weighted by Crippen LogP contribution is -2.25. The second kappa shape index (κ2) is 9.47. The molecule has 0 aliphatic rings. The quantitative estimate of drug-likeness (QED) is 0.404. The summed E-state index contributed by atoms with van der Waals surface area (Å²) >= 11 is 0. The summed E-state index contributed by atoms with van der Waals surface area (Å²) in [5.74, 6) is -0.0446. The Hall–Kier alpha value is -4.38. The molecule has 4 aromatic rings. The number of para-hydroxylation sites is 2. The zero-order chi connectivity index (χ0) is 25.2. The molecule has 0 unspecified atom stereocenters. The highest BCUT2D eigenvalue weighted by Gasteiger charge is 2.21. The van der Waals surface area contributed by atoms with Crippen molar-refractivity contribution < 1.29 is 22.7 Å². The number of carbonyl (C=O) groups is 1. The van der Waals surface area contributed by atoms with Gasteiger partial charge < -0.3 is 14.8 Å². The van der Waals surface area contributed by atoms with Gasteiger partial charge in [-0.05, 0) is 36.4 Å². The van der Waals surface area contributed by atoms with E-state index in [-0.39, 0.29) is 33.3 Å². The predicted octanol–water partition coefficient (Wildman–Crippen LogP) is 3.00. The van der Waals surface area contributed by atoms with Gasteiger partial charge in [-0.1, -0.05) is 30.3 Å². The number of methoxy groups -OCH3 is 2. The number of nitrogens with one attached hydrogen (secondary N) is 2. The van der Waals surface area contributed by atoms with Crippen molar-refractivity contribution in [2.75, 3.05) is 24.3 Å². The maximum absolute atomic E-state index is 13.2. The summed E-state index contributed by atoms with van der Waals surface area (Å²) in [6.45, 7) is 0. The van der Waals surface area contributed by atoms with E-state index < -0.39 is 15.9 Å². The number of rotatable bonds is 7. The first-order valence-corrected chi connectivity index (χ1v) is 11.8. The monoisotopic (exact) mass is 494 g/mol.